The zero-order chi connectivity index (χ0) is 13.3. The second-order valence-electron chi connectivity index (χ2n) is 3.82. The lowest BCUT2D eigenvalue weighted by atomic mass is 10.2. The summed E-state index contributed by atoms with van der Waals surface area (Å²) >= 11 is 5.83. The number of aryl methyl sites for hydroxylation is 2. The lowest BCUT2D eigenvalue weighted by Gasteiger charge is -2.05. The van der Waals surface area contributed by atoms with E-state index >= 15 is 0 Å². The first-order valence-corrected chi connectivity index (χ1v) is 5.66. The molecule has 0 atom stereocenters. The number of carbonyl (C=O) groups excluding carboxylic acids is 1. The summed E-state index contributed by atoms with van der Waals surface area (Å²) in [5, 5.41) is 6.96. The summed E-state index contributed by atoms with van der Waals surface area (Å²) in [4.78, 5) is 19.9. The predicted octanol–water partition coefficient (Wildman–Crippen LogP) is 1.73. The summed E-state index contributed by atoms with van der Waals surface area (Å²) in [5.74, 6) is -0.0488. The van der Waals surface area contributed by atoms with Crippen LogP contribution in [0.15, 0.2) is 12.4 Å². The van der Waals surface area contributed by atoms with Crippen LogP contribution < -0.4 is 5.32 Å². The van der Waals surface area contributed by atoms with E-state index in [4.69, 9.17) is 11.6 Å². The van der Waals surface area contributed by atoms with Crippen LogP contribution >= 0.6 is 11.6 Å². The number of nitrogens with one attached hydrogen (secondary N) is 1. The van der Waals surface area contributed by atoms with Gasteiger partial charge in [0.15, 0.2) is 11.0 Å². The number of nitrogens with zero attached hydrogens (tertiary/aromatic N) is 4. The summed E-state index contributed by atoms with van der Waals surface area (Å²) in [7, 11) is 1.79. The second-order valence-corrected chi connectivity index (χ2v) is 4.18. The maximum absolute atomic E-state index is 12.1. The molecule has 18 heavy (non-hydrogen) atoms. The summed E-state index contributed by atoms with van der Waals surface area (Å²) in [6, 6.07) is 0. The molecule has 2 aromatic rings. The van der Waals surface area contributed by atoms with Crippen molar-refractivity contribution in [3.8, 4) is 0 Å². The maximum atomic E-state index is 12.1. The van der Waals surface area contributed by atoms with Crippen molar-refractivity contribution < 1.29 is 4.79 Å². The van der Waals surface area contributed by atoms with Crippen LogP contribution in [0.2, 0.25) is 5.15 Å². The largest absolute Gasteiger partial charge is 0.304 e. The van der Waals surface area contributed by atoms with Gasteiger partial charge in [-0.1, -0.05) is 11.6 Å². The quantitative estimate of drug-likeness (QED) is 0.898. The van der Waals surface area contributed by atoms with E-state index in [2.05, 4.69) is 20.4 Å². The van der Waals surface area contributed by atoms with Crippen LogP contribution in [0.25, 0.3) is 0 Å². The van der Waals surface area contributed by atoms with Gasteiger partial charge in [-0.3, -0.25) is 9.48 Å². The van der Waals surface area contributed by atoms with Crippen LogP contribution in [0, 0.1) is 13.8 Å². The van der Waals surface area contributed by atoms with Crippen molar-refractivity contribution >= 4 is 23.3 Å². The normalized spacial score (nSPS) is 10.4. The van der Waals surface area contributed by atoms with E-state index in [1.807, 2.05) is 6.92 Å². The standard InChI is InChI=1S/C11H12ClN5O/c1-6-8(7(2)17(3)16-6)11(18)15-10-9(12)13-4-5-14-10/h4-5H,1-3H3,(H,14,15,18). The molecule has 94 valence electrons. The second kappa shape index (κ2) is 4.73. The molecule has 7 heteroatoms. The smallest absolute Gasteiger partial charge is 0.260 e. The van der Waals surface area contributed by atoms with Gasteiger partial charge in [0, 0.05) is 25.1 Å². The van der Waals surface area contributed by atoms with Crippen molar-refractivity contribution in [1.82, 2.24) is 19.7 Å². The van der Waals surface area contributed by atoms with Gasteiger partial charge >= 0.3 is 0 Å². The lowest BCUT2D eigenvalue weighted by molar-refractivity contribution is 0.102. The Hall–Kier alpha value is -1.95. The van der Waals surface area contributed by atoms with E-state index in [0.29, 0.717) is 11.3 Å². The molecule has 0 aromatic carbocycles. The first-order chi connectivity index (χ1) is 8.50. The van der Waals surface area contributed by atoms with Crippen molar-refractivity contribution in [2.75, 3.05) is 5.32 Å². The molecule has 0 spiro atoms. The molecule has 0 aliphatic heterocycles. The van der Waals surface area contributed by atoms with Crippen molar-refractivity contribution in [1.29, 1.82) is 0 Å². The van der Waals surface area contributed by atoms with Gasteiger partial charge in [0.25, 0.3) is 5.91 Å². The third-order valence-corrected chi connectivity index (χ3v) is 2.90. The Kier molecular flexibility index (Phi) is 3.29. The molecule has 0 saturated carbocycles. The first-order valence-electron chi connectivity index (χ1n) is 5.28. The van der Waals surface area contributed by atoms with E-state index in [1.165, 1.54) is 12.4 Å². The zero-order valence-electron chi connectivity index (χ0n) is 10.2. The molecular weight excluding hydrogens is 254 g/mol. The number of rotatable bonds is 2. The van der Waals surface area contributed by atoms with Crippen LogP contribution in [0.3, 0.4) is 0 Å². The molecule has 0 saturated heterocycles. The molecule has 0 aliphatic rings. The zero-order valence-corrected chi connectivity index (χ0v) is 11.0. The molecule has 0 fully saturated rings. The number of hydrogen-bond acceptors (Lipinski definition) is 4. The third-order valence-electron chi connectivity index (χ3n) is 2.62. The highest BCUT2D eigenvalue weighted by Gasteiger charge is 2.18. The Morgan fingerprint density at radius 2 is 2.00 bits per heavy atom. The fraction of sp³-hybridized carbons (Fsp3) is 0.273. The van der Waals surface area contributed by atoms with Gasteiger partial charge in [-0.15, -0.1) is 0 Å². The number of amides is 1. The van der Waals surface area contributed by atoms with Crippen LogP contribution in [0.5, 0.6) is 0 Å². The van der Waals surface area contributed by atoms with Crippen LogP contribution in [-0.2, 0) is 7.05 Å². The third kappa shape index (κ3) is 2.19. The van der Waals surface area contributed by atoms with E-state index in [0.717, 1.165) is 5.69 Å². The highest BCUT2D eigenvalue weighted by atomic mass is 35.5. The van der Waals surface area contributed by atoms with Gasteiger partial charge in [-0.05, 0) is 13.8 Å². The molecule has 0 radical (unpaired) electrons. The first kappa shape index (κ1) is 12.5. The number of anilines is 1. The number of halogens is 1. The minimum Gasteiger partial charge on any atom is -0.304 e. The minimum absolute atomic E-state index is 0.157. The molecule has 6 nitrogen and oxygen atoms in total. The molecule has 0 bridgehead atoms. The number of aromatic nitrogens is 4. The fourth-order valence-corrected chi connectivity index (χ4v) is 1.83. The van der Waals surface area contributed by atoms with Crippen molar-refractivity contribution in [3.63, 3.8) is 0 Å². The molecular formula is C11H12ClN5O. The van der Waals surface area contributed by atoms with Crippen molar-refractivity contribution in [3.05, 3.63) is 34.5 Å². The van der Waals surface area contributed by atoms with Gasteiger partial charge in [0.05, 0.1) is 11.3 Å². The monoisotopic (exact) mass is 265 g/mol. The molecule has 1 amide bonds. The summed E-state index contributed by atoms with van der Waals surface area (Å²) in [6.45, 7) is 3.60. The lowest BCUT2D eigenvalue weighted by Crippen LogP contribution is -2.15. The Labute approximate surface area is 109 Å². The molecule has 2 aromatic heterocycles. The Morgan fingerprint density at radius 3 is 2.56 bits per heavy atom. The van der Waals surface area contributed by atoms with E-state index in [1.54, 1.807) is 18.7 Å². The molecule has 2 rings (SSSR count). The number of hydrogen-bond donors (Lipinski definition) is 1. The van der Waals surface area contributed by atoms with Crippen molar-refractivity contribution in [2.45, 2.75) is 13.8 Å². The molecule has 0 aliphatic carbocycles. The van der Waals surface area contributed by atoms with Gasteiger partial charge in [0.1, 0.15) is 0 Å². The van der Waals surface area contributed by atoms with Crippen LogP contribution in [0.4, 0.5) is 5.82 Å². The SMILES string of the molecule is Cc1nn(C)c(C)c1C(=O)Nc1nccnc1Cl. The maximum Gasteiger partial charge on any atom is 0.260 e. The molecule has 0 unspecified atom stereocenters. The average Bonchev–Trinajstić information content (AvgIpc) is 2.56. The van der Waals surface area contributed by atoms with Gasteiger partial charge < -0.3 is 5.32 Å². The fourth-order valence-electron chi connectivity index (χ4n) is 1.68. The van der Waals surface area contributed by atoms with Gasteiger partial charge in [-0.25, -0.2) is 9.97 Å². The highest BCUT2D eigenvalue weighted by Crippen LogP contribution is 2.18. The summed E-state index contributed by atoms with van der Waals surface area (Å²) < 4.78 is 1.66. The van der Waals surface area contributed by atoms with E-state index < -0.39 is 0 Å². The molecule has 1 N–H and O–H groups in total. The summed E-state index contributed by atoms with van der Waals surface area (Å²) in [5.41, 5.74) is 1.97. The van der Waals surface area contributed by atoms with Gasteiger partial charge in [0.2, 0.25) is 0 Å². The summed E-state index contributed by atoms with van der Waals surface area (Å²) in [6.07, 6.45) is 2.92. The van der Waals surface area contributed by atoms with Crippen LogP contribution in [0.1, 0.15) is 21.7 Å². The van der Waals surface area contributed by atoms with E-state index in [-0.39, 0.29) is 16.9 Å². The van der Waals surface area contributed by atoms with Crippen LogP contribution in [-0.4, -0.2) is 25.7 Å². The van der Waals surface area contributed by atoms with Gasteiger partial charge in [-0.2, -0.15) is 5.10 Å². The Bertz CT molecular complexity index is 607. The highest BCUT2D eigenvalue weighted by molar-refractivity contribution is 6.32. The topological polar surface area (TPSA) is 72.7 Å². The minimum atomic E-state index is -0.291. The van der Waals surface area contributed by atoms with E-state index in [9.17, 15) is 4.79 Å². The predicted molar refractivity (Wildman–Crippen MR) is 67.7 cm³/mol. The molecule has 2 heterocycles. The Balaban J connectivity index is 2.31. The number of carbonyl (C=O) groups is 1. The Morgan fingerprint density at radius 1 is 1.33 bits per heavy atom. The average molecular weight is 266 g/mol. The van der Waals surface area contributed by atoms with Crippen molar-refractivity contribution in [2.24, 2.45) is 7.05 Å².